The number of carbonyl (C=O) groups is 2. The van der Waals surface area contributed by atoms with E-state index in [9.17, 15) is 9.59 Å². The molecule has 0 saturated carbocycles. The van der Waals surface area contributed by atoms with Crippen molar-refractivity contribution in [2.24, 2.45) is 0 Å². The summed E-state index contributed by atoms with van der Waals surface area (Å²) in [6.07, 6.45) is 0.840. The molecular weight excluding hydrogens is 378 g/mol. The standard InChI is InChI=1S/C21H26ClN3O3/c1-3-12-25(14-20(26)23-13-16-8-10-17(22)11-9-16)15-21(27)24-18-6-4-5-7-19(18)28-2/h4-11H,3,12-15H2,1-2H3,(H,23,26)(H,24,27). The molecule has 0 radical (unpaired) electrons. The topological polar surface area (TPSA) is 70.7 Å². The maximum atomic E-state index is 12.4. The third kappa shape index (κ3) is 7.21. The number of para-hydroxylation sites is 2. The second-order valence-electron chi connectivity index (χ2n) is 6.36. The van der Waals surface area contributed by atoms with E-state index in [0.717, 1.165) is 12.0 Å². The maximum Gasteiger partial charge on any atom is 0.238 e. The average molecular weight is 404 g/mol. The van der Waals surface area contributed by atoms with E-state index in [4.69, 9.17) is 16.3 Å². The third-order valence-corrected chi connectivity index (χ3v) is 4.31. The molecule has 0 heterocycles. The molecule has 6 nitrogen and oxygen atoms in total. The van der Waals surface area contributed by atoms with E-state index < -0.39 is 0 Å². The van der Waals surface area contributed by atoms with Gasteiger partial charge in [-0.15, -0.1) is 0 Å². The largest absolute Gasteiger partial charge is 0.495 e. The van der Waals surface area contributed by atoms with E-state index in [2.05, 4.69) is 10.6 Å². The molecule has 2 aromatic carbocycles. The van der Waals surface area contributed by atoms with Gasteiger partial charge in [0.05, 0.1) is 25.9 Å². The van der Waals surface area contributed by atoms with Gasteiger partial charge in [0.2, 0.25) is 11.8 Å². The Labute approximate surface area is 170 Å². The number of halogens is 1. The summed E-state index contributed by atoms with van der Waals surface area (Å²) in [6, 6.07) is 14.5. The smallest absolute Gasteiger partial charge is 0.238 e. The van der Waals surface area contributed by atoms with Gasteiger partial charge in [-0.05, 0) is 42.8 Å². The third-order valence-electron chi connectivity index (χ3n) is 4.06. The van der Waals surface area contributed by atoms with Crippen LogP contribution in [0.5, 0.6) is 5.75 Å². The minimum atomic E-state index is -0.191. The van der Waals surface area contributed by atoms with Gasteiger partial charge in [0.15, 0.2) is 0 Å². The summed E-state index contributed by atoms with van der Waals surface area (Å²) in [5.41, 5.74) is 1.58. The molecule has 7 heteroatoms. The van der Waals surface area contributed by atoms with E-state index >= 15 is 0 Å². The predicted octanol–water partition coefficient (Wildman–Crippen LogP) is 3.32. The van der Waals surface area contributed by atoms with Gasteiger partial charge in [-0.2, -0.15) is 0 Å². The van der Waals surface area contributed by atoms with Gasteiger partial charge < -0.3 is 15.4 Å². The molecule has 2 rings (SSSR count). The Bertz CT molecular complexity index is 781. The molecule has 2 amide bonds. The average Bonchev–Trinajstić information content (AvgIpc) is 2.68. The van der Waals surface area contributed by atoms with Crippen molar-refractivity contribution in [3.05, 3.63) is 59.1 Å². The van der Waals surface area contributed by atoms with Crippen LogP contribution in [0.3, 0.4) is 0 Å². The lowest BCUT2D eigenvalue weighted by Gasteiger charge is -2.21. The first-order valence-corrected chi connectivity index (χ1v) is 9.56. The van der Waals surface area contributed by atoms with Crippen LogP contribution in [0.1, 0.15) is 18.9 Å². The molecule has 0 bridgehead atoms. The van der Waals surface area contributed by atoms with Gasteiger partial charge in [0.1, 0.15) is 5.75 Å². The Morgan fingerprint density at radius 1 is 1.04 bits per heavy atom. The van der Waals surface area contributed by atoms with Crippen LogP contribution in [-0.4, -0.2) is 43.5 Å². The molecule has 0 atom stereocenters. The normalized spacial score (nSPS) is 10.6. The highest BCUT2D eigenvalue weighted by atomic mass is 35.5. The number of benzene rings is 2. The van der Waals surface area contributed by atoms with Crippen molar-refractivity contribution in [3.8, 4) is 5.75 Å². The molecule has 0 fully saturated rings. The first-order valence-electron chi connectivity index (χ1n) is 9.18. The van der Waals surface area contributed by atoms with E-state index in [1.54, 1.807) is 31.4 Å². The fourth-order valence-electron chi connectivity index (χ4n) is 2.73. The number of hydrogen-bond donors (Lipinski definition) is 2. The first kappa shape index (κ1) is 21.7. The van der Waals surface area contributed by atoms with Crippen LogP contribution < -0.4 is 15.4 Å². The summed E-state index contributed by atoms with van der Waals surface area (Å²) in [6.45, 7) is 3.36. The molecule has 28 heavy (non-hydrogen) atoms. The number of nitrogens with one attached hydrogen (secondary N) is 2. The molecule has 0 aromatic heterocycles. The maximum absolute atomic E-state index is 12.4. The quantitative estimate of drug-likeness (QED) is 0.638. The van der Waals surface area contributed by atoms with Crippen LogP contribution in [0.15, 0.2) is 48.5 Å². The van der Waals surface area contributed by atoms with Crippen LogP contribution in [0.2, 0.25) is 5.02 Å². The lowest BCUT2D eigenvalue weighted by Crippen LogP contribution is -2.41. The van der Waals surface area contributed by atoms with Gasteiger partial charge in [0.25, 0.3) is 0 Å². The zero-order chi connectivity index (χ0) is 20.4. The monoisotopic (exact) mass is 403 g/mol. The number of nitrogens with zero attached hydrogens (tertiary/aromatic N) is 1. The van der Waals surface area contributed by atoms with Crippen LogP contribution in [-0.2, 0) is 16.1 Å². The Balaban J connectivity index is 1.86. The van der Waals surface area contributed by atoms with E-state index in [0.29, 0.717) is 29.5 Å². The van der Waals surface area contributed by atoms with Crippen molar-refractivity contribution in [2.75, 3.05) is 32.1 Å². The van der Waals surface area contributed by atoms with Crippen molar-refractivity contribution < 1.29 is 14.3 Å². The molecule has 0 saturated heterocycles. The number of anilines is 1. The minimum absolute atomic E-state index is 0.125. The fraction of sp³-hybridized carbons (Fsp3) is 0.333. The number of amides is 2. The Morgan fingerprint density at radius 2 is 1.71 bits per heavy atom. The molecular formula is C21H26ClN3O3. The van der Waals surface area contributed by atoms with Crippen molar-refractivity contribution >= 4 is 29.1 Å². The number of carbonyl (C=O) groups excluding carboxylic acids is 2. The summed E-state index contributed by atoms with van der Waals surface area (Å²) < 4.78 is 5.24. The molecule has 0 spiro atoms. The highest BCUT2D eigenvalue weighted by Gasteiger charge is 2.15. The fourth-order valence-corrected chi connectivity index (χ4v) is 2.86. The zero-order valence-corrected chi connectivity index (χ0v) is 17.0. The van der Waals surface area contributed by atoms with Gasteiger partial charge >= 0.3 is 0 Å². The number of methoxy groups -OCH3 is 1. The number of rotatable bonds is 10. The second kappa shape index (κ2) is 11.3. The van der Waals surface area contributed by atoms with Crippen LogP contribution in [0.4, 0.5) is 5.69 Å². The Kier molecular flexibility index (Phi) is 8.78. The molecule has 0 aliphatic heterocycles. The second-order valence-corrected chi connectivity index (χ2v) is 6.80. The minimum Gasteiger partial charge on any atom is -0.495 e. The SMILES string of the molecule is CCCN(CC(=O)NCc1ccc(Cl)cc1)CC(=O)Nc1ccccc1OC. The summed E-state index contributed by atoms with van der Waals surface area (Å²) in [7, 11) is 1.55. The lowest BCUT2D eigenvalue weighted by atomic mass is 10.2. The summed E-state index contributed by atoms with van der Waals surface area (Å²) in [5.74, 6) is 0.274. The van der Waals surface area contributed by atoms with Crippen molar-refractivity contribution in [2.45, 2.75) is 19.9 Å². The van der Waals surface area contributed by atoms with E-state index in [1.807, 2.05) is 36.1 Å². The van der Waals surface area contributed by atoms with Crippen LogP contribution in [0.25, 0.3) is 0 Å². The Morgan fingerprint density at radius 3 is 2.39 bits per heavy atom. The lowest BCUT2D eigenvalue weighted by molar-refractivity contribution is -0.123. The number of hydrogen-bond acceptors (Lipinski definition) is 4. The van der Waals surface area contributed by atoms with Crippen molar-refractivity contribution in [1.29, 1.82) is 0 Å². The molecule has 150 valence electrons. The van der Waals surface area contributed by atoms with Crippen LogP contribution in [0, 0.1) is 0 Å². The van der Waals surface area contributed by atoms with Crippen molar-refractivity contribution in [3.63, 3.8) is 0 Å². The summed E-state index contributed by atoms with van der Waals surface area (Å²) in [4.78, 5) is 26.5. The predicted molar refractivity (Wildman–Crippen MR) is 112 cm³/mol. The molecule has 0 unspecified atom stereocenters. The van der Waals surface area contributed by atoms with Gasteiger partial charge in [-0.3, -0.25) is 14.5 Å². The molecule has 0 aliphatic carbocycles. The van der Waals surface area contributed by atoms with Crippen LogP contribution >= 0.6 is 11.6 Å². The highest BCUT2D eigenvalue weighted by molar-refractivity contribution is 6.30. The van der Waals surface area contributed by atoms with Gasteiger partial charge in [-0.25, -0.2) is 0 Å². The molecule has 2 aromatic rings. The zero-order valence-electron chi connectivity index (χ0n) is 16.2. The van der Waals surface area contributed by atoms with E-state index in [1.165, 1.54) is 0 Å². The summed E-state index contributed by atoms with van der Waals surface area (Å²) in [5, 5.41) is 6.37. The van der Waals surface area contributed by atoms with Gasteiger partial charge in [-0.1, -0.05) is 42.8 Å². The summed E-state index contributed by atoms with van der Waals surface area (Å²) >= 11 is 5.86. The number of ether oxygens (including phenoxy) is 1. The Hall–Kier alpha value is -2.57. The van der Waals surface area contributed by atoms with E-state index in [-0.39, 0.29) is 24.9 Å². The van der Waals surface area contributed by atoms with Crippen molar-refractivity contribution in [1.82, 2.24) is 10.2 Å². The van der Waals surface area contributed by atoms with Gasteiger partial charge in [0, 0.05) is 11.6 Å². The highest BCUT2D eigenvalue weighted by Crippen LogP contribution is 2.22. The first-order chi connectivity index (χ1) is 13.5. The molecule has 0 aliphatic rings. The molecule has 2 N–H and O–H groups in total.